The molecule has 0 fully saturated rings. The van der Waals surface area contributed by atoms with Gasteiger partial charge in [-0.25, -0.2) is 14.4 Å². The second kappa shape index (κ2) is 8.00. The summed E-state index contributed by atoms with van der Waals surface area (Å²) < 4.78 is 18.0. The molecule has 0 atom stereocenters. The van der Waals surface area contributed by atoms with Crippen LogP contribution in [0, 0.1) is 5.82 Å². The lowest BCUT2D eigenvalue weighted by Crippen LogP contribution is -2.30. The Bertz CT molecular complexity index is 932. The van der Waals surface area contributed by atoms with E-state index in [-0.39, 0.29) is 17.1 Å². The van der Waals surface area contributed by atoms with Gasteiger partial charge in [0.1, 0.15) is 23.6 Å². The standard InChI is InChI=1S/C18H17FN6O2/c1-27-14-8-6-13(7-9-14)23-16-15(20)17(22-10-21-16)24-25-18(26)11-2-4-12(19)5-3-11/h2-10H,20H2,1H3,(H,25,26)(H2,21,22,23,24). The Balaban J connectivity index is 1.68. The molecule has 1 heterocycles. The van der Waals surface area contributed by atoms with Crippen molar-refractivity contribution >= 4 is 28.9 Å². The lowest BCUT2D eigenvalue weighted by molar-refractivity contribution is 0.0962. The molecule has 3 rings (SSSR count). The smallest absolute Gasteiger partial charge is 0.269 e. The lowest BCUT2D eigenvalue weighted by Gasteiger charge is -2.13. The number of nitrogens with two attached hydrogens (primary N) is 1. The SMILES string of the molecule is COc1ccc(Nc2ncnc(NNC(=O)c3ccc(F)cc3)c2N)cc1. The second-order valence-corrected chi connectivity index (χ2v) is 5.42. The summed E-state index contributed by atoms with van der Waals surface area (Å²) in [6.45, 7) is 0. The molecular formula is C18H17FN6O2. The third-order valence-electron chi connectivity index (χ3n) is 3.64. The van der Waals surface area contributed by atoms with E-state index in [1.165, 1.54) is 30.6 Å². The van der Waals surface area contributed by atoms with Gasteiger partial charge in [0, 0.05) is 11.3 Å². The van der Waals surface area contributed by atoms with E-state index >= 15 is 0 Å². The largest absolute Gasteiger partial charge is 0.497 e. The number of nitrogens with zero attached hydrogens (tertiary/aromatic N) is 2. The predicted octanol–water partition coefficient (Wildman–Crippen LogP) is 2.71. The minimum atomic E-state index is -0.460. The number of ether oxygens (including phenoxy) is 1. The van der Waals surface area contributed by atoms with Gasteiger partial charge in [0.15, 0.2) is 11.6 Å². The van der Waals surface area contributed by atoms with Gasteiger partial charge in [-0.2, -0.15) is 0 Å². The molecule has 0 aliphatic rings. The zero-order valence-electron chi connectivity index (χ0n) is 14.4. The quantitative estimate of drug-likeness (QED) is 0.495. The average molecular weight is 368 g/mol. The molecule has 0 saturated carbocycles. The molecule has 0 radical (unpaired) electrons. The number of hydrogen-bond acceptors (Lipinski definition) is 7. The molecule has 8 nitrogen and oxygen atoms in total. The van der Waals surface area contributed by atoms with Crippen molar-refractivity contribution in [3.8, 4) is 5.75 Å². The Labute approximate surface area is 154 Å². The number of hydrazine groups is 1. The number of hydrogen-bond donors (Lipinski definition) is 4. The van der Waals surface area contributed by atoms with E-state index in [9.17, 15) is 9.18 Å². The van der Waals surface area contributed by atoms with E-state index in [2.05, 4.69) is 26.1 Å². The average Bonchev–Trinajstić information content (AvgIpc) is 2.69. The Kier molecular flexibility index (Phi) is 5.31. The third-order valence-corrected chi connectivity index (χ3v) is 3.64. The highest BCUT2D eigenvalue weighted by atomic mass is 19.1. The van der Waals surface area contributed by atoms with Gasteiger partial charge in [-0.1, -0.05) is 0 Å². The number of nitrogens with one attached hydrogen (secondary N) is 3. The minimum Gasteiger partial charge on any atom is -0.497 e. The van der Waals surface area contributed by atoms with Crippen molar-refractivity contribution in [2.45, 2.75) is 0 Å². The van der Waals surface area contributed by atoms with Crippen LogP contribution in [0.4, 0.5) is 27.4 Å². The van der Waals surface area contributed by atoms with Crippen molar-refractivity contribution in [2.24, 2.45) is 0 Å². The fourth-order valence-electron chi connectivity index (χ4n) is 2.20. The summed E-state index contributed by atoms with van der Waals surface area (Å²) in [5.41, 5.74) is 12.4. The summed E-state index contributed by atoms with van der Waals surface area (Å²) in [5.74, 6) is 0.429. The number of rotatable bonds is 6. The van der Waals surface area contributed by atoms with Gasteiger partial charge in [-0.05, 0) is 48.5 Å². The van der Waals surface area contributed by atoms with Crippen LogP contribution in [0.3, 0.4) is 0 Å². The maximum absolute atomic E-state index is 12.9. The third kappa shape index (κ3) is 4.40. The molecule has 0 aliphatic heterocycles. The highest BCUT2D eigenvalue weighted by molar-refractivity contribution is 5.95. The summed E-state index contributed by atoms with van der Waals surface area (Å²) in [6.07, 6.45) is 1.30. The van der Waals surface area contributed by atoms with Crippen LogP contribution < -0.4 is 26.6 Å². The lowest BCUT2D eigenvalue weighted by atomic mass is 10.2. The highest BCUT2D eigenvalue weighted by Gasteiger charge is 2.10. The van der Waals surface area contributed by atoms with Gasteiger partial charge < -0.3 is 15.8 Å². The number of carbonyl (C=O) groups excluding carboxylic acids is 1. The Morgan fingerprint density at radius 3 is 2.37 bits per heavy atom. The molecule has 0 aliphatic carbocycles. The molecule has 0 spiro atoms. The van der Waals surface area contributed by atoms with Gasteiger partial charge >= 0.3 is 0 Å². The summed E-state index contributed by atoms with van der Waals surface area (Å²) in [7, 11) is 1.59. The molecule has 1 amide bonds. The maximum Gasteiger partial charge on any atom is 0.269 e. The van der Waals surface area contributed by atoms with E-state index < -0.39 is 11.7 Å². The Hall–Kier alpha value is -3.88. The summed E-state index contributed by atoms with van der Waals surface area (Å²) in [5, 5.41) is 3.06. The first-order chi connectivity index (χ1) is 13.1. The van der Waals surface area contributed by atoms with Crippen LogP contribution in [-0.4, -0.2) is 23.0 Å². The predicted molar refractivity (Wildman–Crippen MR) is 100 cm³/mol. The molecule has 5 N–H and O–H groups in total. The number of carbonyl (C=O) groups is 1. The Morgan fingerprint density at radius 1 is 1.04 bits per heavy atom. The van der Waals surface area contributed by atoms with E-state index in [1.54, 1.807) is 19.2 Å². The van der Waals surface area contributed by atoms with Crippen molar-refractivity contribution in [3.63, 3.8) is 0 Å². The summed E-state index contributed by atoms with van der Waals surface area (Å²) in [4.78, 5) is 20.2. The first-order valence-corrected chi connectivity index (χ1v) is 7.90. The number of benzene rings is 2. The topological polar surface area (TPSA) is 114 Å². The molecule has 138 valence electrons. The van der Waals surface area contributed by atoms with Crippen LogP contribution >= 0.6 is 0 Å². The minimum absolute atomic E-state index is 0.215. The van der Waals surface area contributed by atoms with Gasteiger partial charge in [-0.15, -0.1) is 0 Å². The van der Waals surface area contributed by atoms with Crippen molar-refractivity contribution in [2.75, 3.05) is 23.6 Å². The van der Waals surface area contributed by atoms with Crippen LogP contribution in [0.15, 0.2) is 54.9 Å². The second-order valence-electron chi connectivity index (χ2n) is 5.42. The van der Waals surface area contributed by atoms with Gasteiger partial charge in [0.2, 0.25) is 0 Å². The molecule has 0 unspecified atom stereocenters. The zero-order valence-corrected chi connectivity index (χ0v) is 14.4. The van der Waals surface area contributed by atoms with Crippen LogP contribution in [0.25, 0.3) is 0 Å². The molecule has 9 heteroatoms. The molecular weight excluding hydrogens is 351 g/mol. The van der Waals surface area contributed by atoms with E-state index in [0.717, 1.165) is 11.4 Å². The first-order valence-electron chi connectivity index (χ1n) is 7.90. The summed E-state index contributed by atoms with van der Waals surface area (Å²) in [6, 6.07) is 12.3. The van der Waals surface area contributed by atoms with E-state index in [4.69, 9.17) is 10.5 Å². The molecule has 0 saturated heterocycles. The number of anilines is 4. The van der Waals surface area contributed by atoms with Crippen molar-refractivity contribution in [3.05, 3.63) is 66.2 Å². The molecule has 27 heavy (non-hydrogen) atoms. The molecule has 1 aromatic heterocycles. The molecule has 2 aromatic carbocycles. The number of nitrogen functional groups attached to an aromatic ring is 1. The highest BCUT2D eigenvalue weighted by Crippen LogP contribution is 2.26. The van der Waals surface area contributed by atoms with Crippen molar-refractivity contribution in [1.29, 1.82) is 0 Å². The number of aromatic nitrogens is 2. The monoisotopic (exact) mass is 368 g/mol. The number of methoxy groups -OCH3 is 1. The Morgan fingerprint density at radius 2 is 1.70 bits per heavy atom. The molecule has 0 bridgehead atoms. The molecule has 3 aromatic rings. The fraction of sp³-hybridized carbons (Fsp3) is 0.0556. The van der Waals surface area contributed by atoms with Crippen LogP contribution in [0.1, 0.15) is 10.4 Å². The number of halogens is 1. The van der Waals surface area contributed by atoms with E-state index in [1.807, 2.05) is 12.1 Å². The van der Waals surface area contributed by atoms with E-state index in [0.29, 0.717) is 5.82 Å². The van der Waals surface area contributed by atoms with Crippen molar-refractivity contribution < 1.29 is 13.9 Å². The first kappa shape index (κ1) is 17.9. The van der Waals surface area contributed by atoms with Crippen LogP contribution in [-0.2, 0) is 0 Å². The van der Waals surface area contributed by atoms with Gasteiger partial charge in [0.05, 0.1) is 7.11 Å². The van der Waals surface area contributed by atoms with Crippen molar-refractivity contribution in [1.82, 2.24) is 15.4 Å². The summed E-state index contributed by atoms with van der Waals surface area (Å²) >= 11 is 0. The zero-order chi connectivity index (χ0) is 19.2. The van der Waals surface area contributed by atoms with Crippen LogP contribution in [0.5, 0.6) is 5.75 Å². The van der Waals surface area contributed by atoms with Crippen LogP contribution in [0.2, 0.25) is 0 Å². The van der Waals surface area contributed by atoms with Gasteiger partial charge in [-0.3, -0.25) is 15.6 Å². The maximum atomic E-state index is 12.9. The number of amides is 1. The fourth-order valence-corrected chi connectivity index (χ4v) is 2.20. The normalized spacial score (nSPS) is 10.1. The van der Waals surface area contributed by atoms with Gasteiger partial charge in [0.25, 0.3) is 5.91 Å².